The Morgan fingerprint density at radius 2 is 1.84 bits per heavy atom. The molecule has 0 unspecified atom stereocenters. The Labute approximate surface area is 146 Å². The van der Waals surface area contributed by atoms with Crippen LogP contribution >= 0.6 is 0 Å². The van der Waals surface area contributed by atoms with E-state index < -0.39 is 0 Å². The molecule has 1 aromatic carbocycles. The number of hydrogen-bond donors (Lipinski definition) is 1. The van der Waals surface area contributed by atoms with Crippen molar-refractivity contribution >= 4 is 5.82 Å². The largest absolute Gasteiger partial charge is 0.494 e. The number of rotatable bonds is 5. The van der Waals surface area contributed by atoms with Crippen molar-refractivity contribution in [3.63, 3.8) is 0 Å². The van der Waals surface area contributed by atoms with Gasteiger partial charge in [0, 0.05) is 27.2 Å². The summed E-state index contributed by atoms with van der Waals surface area (Å²) in [5.74, 6) is 1.51. The molecule has 1 aliphatic rings. The highest BCUT2D eigenvalue weighted by Gasteiger charge is 2.22. The van der Waals surface area contributed by atoms with Crippen LogP contribution in [0.1, 0.15) is 18.1 Å². The first kappa shape index (κ1) is 17.3. The smallest absolute Gasteiger partial charge is 0.332 e. The number of ether oxygens (including phenoxy) is 1. The van der Waals surface area contributed by atoms with Gasteiger partial charge in [0.1, 0.15) is 11.6 Å². The number of nitrogens with zero attached hydrogens (tertiary/aromatic N) is 3. The van der Waals surface area contributed by atoms with E-state index in [1.54, 1.807) is 7.05 Å². The quantitative estimate of drug-likeness (QED) is 0.873. The van der Waals surface area contributed by atoms with Crippen molar-refractivity contribution in [1.82, 2.24) is 14.0 Å². The highest BCUT2D eigenvalue weighted by molar-refractivity contribution is 5.45. The lowest BCUT2D eigenvalue weighted by Gasteiger charge is -2.30. The number of benzene rings is 1. The first-order chi connectivity index (χ1) is 12.0. The molecule has 0 radical (unpaired) electrons. The number of aromatic nitrogens is 2. The first-order valence-electron chi connectivity index (χ1n) is 8.48. The zero-order valence-electron chi connectivity index (χ0n) is 14.9. The van der Waals surface area contributed by atoms with Crippen LogP contribution < -0.4 is 21.3 Å². The lowest BCUT2D eigenvalue weighted by molar-refractivity contribution is 0.274. The van der Waals surface area contributed by atoms with E-state index in [-0.39, 0.29) is 11.2 Å². The molecule has 134 valence electrons. The van der Waals surface area contributed by atoms with Gasteiger partial charge in [-0.05, 0) is 31.0 Å². The summed E-state index contributed by atoms with van der Waals surface area (Å²) in [6, 6.07) is 8.10. The summed E-state index contributed by atoms with van der Waals surface area (Å²) in [6.07, 6.45) is 0.884. The average molecular weight is 344 g/mol. The van der Waals surface area contributed by atoms with Crippen LogP contribution in [-0.4, -0.2) is 33.9 Å². The molecule has 1 N–H and O–H groups in total. The summed E-state index contributed by atoms with van der Waals surface area (Å²) in [6.45, 7) is 4.61. The van der Waals surface area contributed by atoms with Crippen molar-refractivity contribution in [2.45, 2.75) is 19.9 Å². The SMILES string of the molecule is CCOc1ccc(CCN2CNc3c(c(=O)n(C)c(=O)n3C)C2)cc1. The van der Waals surface area contributed by atoms with Crippen LogP contribution in [-0.2, 0) is 27.1 Å². The Morgan fingerprint density at radius 1 is 1.12 bits per heavy atom. The van der Waals surface area contributed by atoms with Gasteiger partial charge in [0.25, 0.3) is 5.56 Å². The Kier molecular flexibility index (Phi) is 4.94. The molecule has 1 aromatic heterocycles. The highest BCUT2D eigenvalue weighted by Crippen LogP contribution is 2.18. The molecule has 7 heteroatoms. The Balaban J connectivity index is 1.69. The molecular formula is C18H24N4O3. The van der Waals surface area contributed by atoms with Gasteiger partial charge in [0.15, 0.2) is 0 Å². The van der Waals surface area contributed by atoms with E-state index in [9.17, 15) is 9.59 Å². The molecule has 7 nitrogen and oxygen atoms in total. The third-order valence-electron chi connectivity index (χ3n) is 4.56. The topological polar surface area (TPSA) is 68.5 Å². The normalized spacial score (nSPS) is 14.0. The Bertz CT molecular complexity index is 868. The van der Waals surface area contributed by atoms with E-state index >= 15 is 0 Å². The fourth-order valence-corrected chi connectivity index (χ4v) is 3.11. The highest BCUT2D eigenvalue weighted by atomic mass is 16.5. The third kappa shape index (κ3) is 3.46. The zero-order valence-corrected chi connectivity index (χ0v) is 14.9. The van der Waals surface area contributed by atoms with E-state index in [4.69, 9.17) is 4.74 Å². The van der Waals surface area contributed by atoms with Crippen molar-refractivity contribution in [3.05, 3.63) is 56.2 Å². The van der Waals surface area contributed by atoms with E-state index in [1.165, 1.54) is 17.2 Å². The maximum Gasteiger partial charge on any atom is 0.332 e. The van der Waals surface area contributed by atoms with Crippen molar-refractivity contribution < 1.29 is 4.74 Å². The van der Waals surface area contributed by atoms with Crippen molar-refractivity contribution in [2.75, 3.05) is 25.1 Å². The van der Waals surface area contributed by atoms with Crippen LogP contribution in [0.4, 0.5) is 5.82 Å². The van der Waals surface area contributed by atoms with Crippen LogP contribution in [0, 0.1) is 0 Å². The lowest BCUT2D eigenvalue weighted by Crippen LogP contribution is -2.46. The van der Waals surface area contributed by atoms with E-state index in [2.05, 4.69) is 22.3 Å². The maximum absolute atomic E-state index is 12.4. The van der Waals surface area contributed by atoms with Crippen LogP contribution in [0.2, 0.25) is 0 Å². The Morgan fingerprint density at radius 3 is 2.52 bits per heavy atom. The fraction of sp³-hybridized carbons (Fsp3) is 0.444. The van der Waals surface area contributed by atoms with Gasteiger partial charge in [-0.1, -0.05) is 12.1 Å². The second-order valence-electron chi connectivity index (χ2n) is 6.25. The number of anilines is 1. The lowest BCUT2D eigenvalue weighted by atomic mass is 10.1. The number of hydrogen-bond acceptors (Lipinski definition) is 5. The summed E-state index contributed by atoms with van der Waals surface area (Å²) in [5, 5.41) is 3.21. The molecule has 2 aromatic rings. The second-order valence-corrected chi connectivity index (χ2v) is 6.25. The predicted octanol–water partition coefficient (Wildman–Crippen LogP) is 0.910. The molecule has 0 spiro atoms. The molecular weight excluding hydrogens is 320 g/mol. The standard InChI is InChI=1S/C18H24N4O3/c1-4-25-14-7-5-13(6-8-14)9-10-22-11-15-16(19-12-22)20(2)18(24)21(3)17(15)23/h5-8,19H,4,9-12H2,1-3H3. The van der Waals surface area contributed by atoms with Crippen LogP contribution in [0.25, 0.3) is 0 Å². The molecule has 0 saturated heterocycles. The summed E-state index contributed by atoms with van der Waals surface area (Å²) in [5.41, 5.74) is 1.33. The van der Waals surface area contributed by atoms with Gasteiger partial charge in [-0.2, -0.15) is 0 Å². The fourth-order valence-electron chi connectivity index (χ4n) is 3.11. The summed E-state index contributed by atoms with van der Waals surface area (Å²) in [4.78, 5) is 26.5. The summed E-state index contributed by atoms with van der Waals surface area (Å²) >= 11 is 0. The number of fused-ring (bicyclic) bond motifs is 1. The summed E-state index contributed by atoms with van der Waals surface area (Å²) in [7, 11) is 3.20. The van der Waals surface area contributed by atoms with Gasteiger partial charge in [-0.25, -0.2) is 4.79 Å². The molecule has 0 aliphatic carbocycles. The van der Waals surface area contributed by atoms with Crippen molar-refractivity contribution in [1.29, 1.82) is 0 Å². The Hall–Kier alpha value is -2.54. The van der Waals surface area contributed by atoms with Gasteiger partial charge in [0.2, 0.25) is 0 Å². The molecule has 0 atom stereocenters. The van der Waals surface area contributed by atoms with Crippen molar-refractivity contribution in [3.8, 4) is 5.75 Å². The molecule has 0 amide bonds. The monoisotopic (exact) mass is 344 g/mol. The van der Waals surface area contributed by atoms with Gasteiger partial charge < -0.3 is 10.1 Å². The van der Waals surface area contributed by atoms with Gasteiger partial charge in [0.05, 0.1) is 18.8 Å². The zero-order chi connectivity index (χ0) is 18.0. The minimum atomic E-state index is -0.306. The van der Waals surface area contributed by atoms with Gasteiger partial charge in [-0.3, -0.25) is 18.8 Å². The number of nitrogens with one attached hydrogen (secondary N) is 1. The van der Waals surface area contributed by atoms with E-state index in [0.29, 0.717) is 31.2 Å². The molecule has 2 heterocycles. The predicted molar refractivity (Wildman–Crippen MR) is 97.1 cm³/mol. The summed E-state index contributed by atoms with van der Waals surface area (Å²) < 4.78 is 8.12. The third-order valence-corrected chi connectivity index (χ3v) is 4.56. The minimum Gasteiger partial charge on any atom is -0.494 e. The molecule has 3 rings (SSSR count). The van der Waals surface area contributed by atoms with E-state index in [1.807, 2.05) is 19.1 Å². The van der Waals surface area contributed by atoms with E-state index in [0.717, 1.165) is 23.3 Å². The molecule has 0 bridgehead atoms. The van der Waals surface area contributed by atoms with Gasteiger partial charge >= 0.3 is 5.69 Å². The maximum atomic E-state index is 12.4. The molecule has 25 heavy (non-hydrogen) atoms. The molecule has 0 saturated carbocycles. The second kappa shape index (κ2) is 7.14. The first-order valence-corrected chi connectivity index (χ1v) is 8.48. The minimum absolute atomic E-state index is 0.226. The van der Waals surface area contributed by atoms with Crippen LogP contribution in [0.15, 0.2) is 33.9 Å². The van der Waals surface area contributed by atoms with Gasteiger partial charge in [-0.15, -0.1) is 0 Å². The molecule has 0 fully saturated rings. The molecule has 1 aliphatic heterocycles. The average Bonchev–Trinajstić information content (AvgIpc) is 2.64. The van der Waals surface area contributed by atoms with Crippen LogP contribution in [0.3, 0.4) is 0 Å². The van der Waals surface area contributed by atoms with Crippen LogP contribution in [0.5, 0.6) is 5.75 Å². The van der Waals surface area contributed by atoms with Crippen molar-refractivity contribution in [2.24, 2.45) is 14.1 Å².